The summed E-state index contributed by atoms with van der Waals surface area (Å²) < 4.78 is 20.3. The predicted molar refractivity (Wildman–Crippen MR) is 110 cm³/mol. The molecule has 4 aliphatic rings. The molecule has 0 saturated heterocycles. The number of carbonyl (C=O) groups is 3. The molecule has 170 valence electrons. The van der Waals surface area contributed by atoms with Crippen LogP contribution in [0.4, 0.5) is 4.39 Å². The lowest BCUT2D eigenvalue weighted by atomic mass is 9.45. The van der Waals surface area contributed by atoms with Gasteiger partial charge in [-0.1, -0.05) is 19.9 Å². The minimum absolute atomic E-state index is 0.117. The number of esters is 1. The number of ketones is 2. The third kappa shape index (κ3) is 3.00. The minimum atomic E-state index is -1.81. The molecular formula is C23H28ClFO6. The van der Waals surface area contributed by atoms with E-state index in [1.165, 1.54) is 19.1 Å². The summed E-state index contributed by atoms with van der Waals surface area (Å²) in [6.45, 7) is 4.18. The van der Waals surface area contributed by atoms with Gasteiger partial charge in [0.2, 0.25) is 5.78 Å². The number of halogens is 2. The fourth-order valence-electron chi connectivity index (χ4n) is 7.00. The first-order valence-corrected chi connectivity index (χ1v) is 11.1. The first kappa shape index (κ1) is 22.6. The van der Waals surface area contributed by atoms with Gasteiger partial charge in [0.25, 0.3) is 0 Å². The van der Waals surface area contributed by atoms with E-state index in [-0.39, 0.29) is 30.1 Å². The summed E-state index contributed by atoms with van der Waals surface area (Å²) in [6, 6.07) is 0. The van der Waals surface area contributed by atoms with Gasteiger partial charge in [-0.3, -0.25) is 14.4 Å². The van der Waals surface area contributed by atoms with Gasteiger partial charge in [-0.05, 0) is 48.8 Å². The number of hydrogen-bond donors (Lipinski definition) is 2. The number of fused-ring (bicyclic) bond motifs is 5. The van der Waals surface area contributed by atoms with Crippen molar-refractivity contribution in [3.8, 4) is 0 Å². The Morgan fingerprint density at radius 2 is 2.03 bits per heavy atom. The maximum atomic E-state index is 15.5. The van der Waals surface area contributed by atoms with Crippen molar-refractivity contribution in [2.45, 2.75) is 63.3 Å². The number of carbonyl (C=O) groups excluding carboxylic acids is 3. The molecule has 3 unspecified atom stereocenters. The Morgan fingerprint density at radius 1 is 1.35 bits per heavy atom. The van der Waals surface area contributed by atoms with Gasteiger partial charge in [0, 0.05) is 23.7 Å². The van der Waals surface area contributed by atoms with Gasteiger partial charge in [-0.2, -0.15) is 0 Å². The lowest BCUT2D eigenvalue weighted by Gasteiger charge is -2.61. The first-order chi connectivity index (χ1) is 14.4. The lowest BCUT2D eigenvalue weighted by molar-refractivity contribution is -0.182. The Morgan fingerprint density at radius 3 is 2.68 bits per heavy atom. The summed E-state index contributed by atoms with van der Waals surface area (Å²) in [6.07, 6.45) is 2.46. The smallest absolute Gasteiger partial charge is 0.303 e. The molecule has 3 fully saturated rings. The number of aliphatic hydroxyl groups is 2. The molecule has 0 aromatic rings. The van der Waals surface area contributed by atoms with Gasteiger partial charge in [0.05, 0.1) is 11.5 Å². The predicted octanol–water partition coefficient (Wildman–Crippen LogP) is 2.29. The van der Waals surface area contributed by atoms with Gasteiger partial charge < -0.3 is 14.9 Å². The van der Waals surface area contributed by atoms with Crippen LogP contribution in [0.15, 0.2) is 23.8 Å². The van der Waals surface area contributed by atoms with Crippen molar-refractivity contribution >= 4 is 29.1 Å². The monoisotopic (exact) mass is 454 g/mol. The fraction of sp³-hybridized carbons (Fsp3) is 0.696. The number of rotatable bonds is 3. The molecule has 4 rings (SSSR count). The molecule has 0 radical (unpaired) electrons. The Labute approximate surface area is 185 Å². The van der Waals surface area contributed by atoms with Crippen LogP contribution in [0, 0.1) is 28.6 Å². The highest BCUT2D eigenvalue weighted by Gasteiger charge is 2.70. The summed E-state index contributed by atoms with van der Waals surface area (Å²) in [5, 5.41) is 21.7. The Bertz CT molecular complexity index is 900. The maximum Gasteiger partial charge on any atom is 0.303 e. The van der Waals surface area contributed by atoms with Crippen LogP contribution in [0.3, 0.4) is 0 Å². The van der Waals surface area contributed by atoms with Crippen LogP contribution in [-0.2, 0) is 19.1 Å². The van der Waals surface area contributed by atoms with Crippen molar-refractivity contribution in [1.82, 2.24) is 0 Å². The van der Waals surface area contributed by atoms with Crippen molar-refractivity contribution < 1.29 is 33.7 Å². The average molecular weight is 455 g/mol. The number of allylic oxidation sites excluding steroid dienone is 4. The van der Waals surface area contributed by atoms with Crippen LogP contribution >= 0.6 is 11.6 Å². The Balaban J connectivity index is 1.74. The molecule has 9 atom stereocenters. The summed E-state index contributed by atoms with van der Waals surface area (Å²) in [4.78, 5) is 36.0. The number of ether oxygens (including phenoxy) is 1. The molecule has 4 aliphatic carbocycles. The van der Waals surface area contributed by atoms with Crippen LogP contribution in [0.5, 0.6) is 0 Å². The van der Waals surface area contributed by atoms with Gasteiger partial charge in [-0.15, -0.1) is 11.6 Å². The standard InChI is InChI=1S/C23H28ClFO6/c1-11(26)31-10-16(29)23(30)7-5-13-17-18(15(28)9-22(13,23)3)21(2)6-4-12(27)8-14(21)20(25)19(17)24/h4,6,8,13,15,17-20,28,30H,5,7,9-10H2,1-3H3/t13-,15?,17-,18-,19?,20?,21-,22-,23-/m0/s1. The molecule has 0 aromatic heterocycles. The second-order valence-corrected chi connectivity index (χ2v) is 10.5. The van der Waals surface area contributed by atoms with E-state index in [4.69, 9.17) is 16.3 Å². The van der Waals surface area contributed by atoms with E-state index in [2.05, 4.69) is 0 Å². The lowest BCUT2D eigenvalue weighted by Crippen LogP contribution is -2.65. The Hall–Kier alpha value is -1.57. The van der Waals surface area contributed by atoms with Crippen molar-refractivity contribution in [1.29, 1.82) is 0 Å². The molecule has 6 nitrogen and oxygen atoms in total. The van der Waals surface area contributed by atoms with Crippen molar-refractivity contribution in [3.05, 3.63) is 23.8 Å². The highest BCUT2D eigenvalue weighted by molar-refractivity contribution is 6.21. The van der Waals surface area contributed by atoms with Crippen LogP contribution in [0.1, 0.15) is 40.0 Å². The van der Waals surface area contributed by atoms with E-state index in [1.54, 1.807) is 13.0 Å². The van der Waals surface area contributed by atoms with Crippen molar-refractivity contribution in [3.63, 3.8) is 0 Å². The third-order valence-corrected chi connectivity index (χ3v) is 9.04. The molecule has 0 spiro atoms. The van der Waals surface area contributed by atoms with Gasteiger partial charge in [0.15, 0.2) is 12.4 Å². The van der Waals surface area contributed by atoms with E-state index in [0.717, 1.165) is 0 Å². The van der Waals surface area contributed by atoms with Crippen LogP contribution in [-0.4, -0.2) is 57.6 Å². The summed E-state index contributed by atoms with van der Waals surface area (Å²) in [7, 11) is 0. The zero-order valence-corrected chi connectivity index (χ0v) is 18.6. The van der Waals surface area contributed by atoms with E-state index in [1.807, 2.05) is 6.92 Å². The Kier molecular flexibility index (Phi) is 5.27. The van der Waals surface area contributed by atoms with E-state index in [9.17, 15) is 24.6 Å². The molecule has 3 saturated carbocycles. The van der Waals surface area contributed by atoms with E-state index < -0.39 is 64.3 Å². The second kappa shape index (κ2) is 7.22. The van der Waals surface area contributed by atoms with Crippen LogP contribution < -0.4 is 0 Å². The van der Waals surface area contributed by atoms with E-state index in [0.29, 0.717) is 6.42 Å². The minimum Gasteiger partial charge on any atom is -0.458 e. The van der Waals surface area contributed by atoms with Crippen molar-refractivity contribution in [2.75, 3.05) is 6.61 Å². The first-order valence-electron chi connectivity index (χ1n) is 10.7. The number of Topliss-reactive ketones (excluding diaryl/α,β-unsaturated/α-hetero) is 1. The second-order valence-electron chi connectivity index (χ2n) is 9.97. The zero-order valence-electron chi connectivity index (χ0n) is 17.8. The molecule has 0 amide bonds. The van der Waals surface area contributed by atoms with E-state index >= 15 is 4.39 Å². The molecule has 2 N–H and O–H groups in total. The SMILES string of the molecule is CC(=O)OCC(=O)[C@@]1(O)CC[C@H]2[C@@H]3C(Cl)C(F)C4=CC(=O)C=C[C@]4(C)[C@H]3C(O)C[C@@]21C. The highest BCUT2D eigenvalue weighted by Crippen LogP contribution is 2.68. The van der Waals surface area contributed by atoms with Gasteiger partial charge >= 0.3 is 5.97 Å². The topological polar surface area (TPSA) is 101 Å². The normalized spacial score (nSPS) is 48.4. The van der Waals surface area contributed by atoms with Crippen LogP contribution in [0.25, 0.3) is 0 Å². The van der Waals surface area contributed by atoms with Crippen LogP contribution in [0.2, 0.25) is 0 Å². The summed E-state index contributed by atoms with van der Waals surface area (Å²) in [5.74, 6) is -2.84. The molecular weight excluding hydrogens is 427 g/mol. The highest BCUT2D eigenvalue weighted by atomic mass is 35.5. The number of alkyl halides is 2. The molecule has 0 aromatic carbocycles. The van der Waals surface area contributed by atoms with Gasteiger partial charge in [-0.25, -0.2) is 4.39 Å². The fourth-order valence-corrected chi connectivity index (χ4v) is 7.47. The summed E-state index contributed by atoms with van der Waals surface area (Å²) >= 11 is 6.64. The third-order valence-electron chi connectivity index (χ3n) is 8.53. The maximum absolute atomic E-state index is 15.5. The molecule has 31 heavy (non-hydrogen) atoms. The van der Waals surface area contributed by atoms with Crippen molar-refractivity contribution in [2.24, 2.45) is 28.6 Å². The summed E-state index contributed by atoms with van der Waals surface area (Å²) in [5.41, 5.74) is -3.46. The molecule has 0 heterocycles. The average Bonchev–Trinajstić information content (AvgIpc) is 2.96. The van der Waals surface area contributed by atoms with Gasteiger partial charge in [0.1, 0.15) is 11.8 Å². The number of aliphatic hydroxyl groups excluding tert-OH is 1. The molecule has 0 bridgehead atoms. The zero-order chi connectivity index (χ0) is 22.9. The molecule has 0 aliphatic heterocycles. The number of hydrogen-bond acceptors (Lipinski definition) is 6. The quantitative estimate of drug-likeness (QED) is 0.501. The largest absolute Gasteiger partial charge is 0.458 e. The molecule has 8 heteroatoms.